The Morgan fingerprint density at radius 1 is 1.06 bits per heavy atom. The van der Waals surface area contributed by atoms with Gasteiger partial charge in [0, 0.05) is 0 Å². The molecule has 6 heteroatoms. The zero-order valence-corrected chi connectivity index (χ0v) is 12.0. The fourth-order valence-corrected chi connectivity index (χ4v) is 2.62. The Balaban J connectivity index is 3.64. The summed E-state index contributed by atoms with van der Waals surface area (Å²) in [6.45, 7) is 1.66. The topological polar surface area (TPSA) is 83.8 Å². The molecule has 0 aromatic carbocycles. The van der Waals surface area contributed by atoms with Crippen molar-refractivity contribution < 1.29 is 22.8 Å². The lowest BCUT2D eigenvalue weighted by Crippen LogP contribution is -2.24. The van der Waals surface area contributed by atoms with Crippen LogP contribution >= 0.6 is 0 Å². The number of aliphatic hydroxyl groups is 1. The minimum absolute atomic E-state index is 0.441. The summed E-state index contributed by atoms with van der Waals surface area (Å²) in [6, 6.07) is 0. The van der Waals surface area contributed by atoms with E-state index in [2.05, 4.69) is 6.92 Å². The maximum atomic E-state index is 10.7. The van der Waals surface area contributed by atoms with Crippen LogP contribution in [0.5, 0.6) is 0 Å². The van der Waals surface area contributed by atoms with Crippen molar-refractivity contribution in [1.29, 1.82) is 0 Å². The van der Waals surface area contributed by atoms with Crippen molar-refractivity contribution in [2.24, 2.45) is 0 Å². The van der Waals surface area contributed by atoms with Crippen LogP contribution in [-0.2, 0) is 14.9 Å². The molecular formula is C12H26O5S. The molecule has 2 N–H and O–H groups in total. The summed E-state index contributed by atoms with van der Waals surface area (Å²) in [7, 11) is -4.04. The fraction of sp³-hybridized carbons (Fsp3) is 1.00. The molecule has 0 spiro atoms. The Labute approximate surface area is 110 Å². The zero-order chi connectivity index (χ0) is 13.9. The Morgan fingerprint density at radius 3 is 2.11 bits per heavy atom. The van der Waals surface area contributed by atoms with Gasteiger partial charge in [0.2, 0.25) is 0 Å². The highest BCUT2D eigenvalue weighted by molar-refractivity contribution is 7.85. The third-order valence-electron chi connectivity index (χ3n) is 2.84. The van der Waals surface area contributed by atoms with Gasteiger partial charge in [-0.3, -0.25) is 4.55 Å². The molecule has 1 atom stereocenters. The van der Waals surface area contributed by atoms with Crippen LogP contribution in [0.2, 0.25) is 0 Å². The monoisotopic (exact) mass is 282 g/mol. The predicted molar refractivity (Wildman–Crippen MR) is 71.0 cm³/mol. The highest BCUT2D eigenvalue weighted by Gasteiger charge is 2.16. The van der Waals surface area contributed by atoms with Gasteiger partial charge in [-0.25, -0.2) is 0 Å². The fourth-order valence-electron chi connectivity index (χ4n) is 1.88. The number of ether oxygens (including phenoxy) is 1. The number of unbranched alkanes of at least 4 members (excludes halogenated alkanes) is 6. The van der Waals surface area contributed by atoms with Crippen molar-refractivity contribution in [3.63, 3.8) is 0 Å². The van der Waals surface area contributed by atoms with E-state index in [0.29, 0.717) is 6.42 Å². The summed E-state index contributed by atoms with van der Waals surface area (Å²) >= 11 is 0. The Hall–Kier alpha value is -0.170. The first-order valence-electron chi connectivity index (χ1n) is 6.67. The third kappa shape index (κ3) is 12.3. The van der Waals surface area contributed by atoms with Crippen LogP contribution in [0.15, 0.2) is 0 Å². The van der Waals surface area contributed by atoms with Crippen LogP contribution in [-0.4, -0.2) is 36.7 Å². The van der Waals surface area contributed by atoms with Gasteiger partial charge in [0.1, 0.15) is 12.5 Å². The highest BCUT2D eigenvalue weighted by atomic mass is 32.2. The van der Waals surface area contributed by atoms with Crippen molar-refractivity contribution in [1.82, 2.24) is 0 Å². The molecule has 0 rings (SSSR count). The molecule has 0 aliphatic rings. The molecule has 0 saturated carbocycles. The van der Waals surface area contributed by atoms with Crippen LogP contribution in [0.1, 0.15) is 58.3 Å². The molecule has 0 heterocycles. The lowest BCUT2D eigenvalue weighted by atomic mass is 10.1. The van der Waals surface area contributed by atoms with E-state index < -0.39 is 28.8 Å². The van der Waals surface area contributed by atoms with Gasteiger partial charge in [0.05, 0.1) is 6.10 Å². The summed E-state index contributed by atoms with van der Waals surface area (Å²) in [5, 5.41) is 8.63. The normalized spacial score (nSPS) is 13.7. The van der Waals surface area contributed by atoms with Crippen LogP contribution < -0.4 is 0 Å². The number of rotatable bonds is 12. The van der Waals surface area contributed by atoms with Crippen molar-refractivity contribution in [3.8, 4) is 0 Å². The van der Waals surface area contributed by atoms with E-state index in [0.717, 1.165) is 19.3 Å². The standard InChI is InChI=1S/C12H26O5S/c1-2-3-4-5-6-7-8-9-12(17-11-13)10-18(14,15)16/h12-13H,2-11H2,1H3,(H,14,15,16). The lowest BCUT2D eigenvalue weighted by Gasteiger charge is -2.14. The van der Waals surface area contributed by atoms with Gasteiger partial charge in [0.15, 0.2) is 0 Å². The second-order valence-electron chi connectivity index (χ2n) is 4.58. The van der Waals surface area contributed by atoms with E-state index >= 15 is 0 Å². The quantitative estimate of drug-likeness (QED) is 0.326. The minimum atomic E-state index is -4.04. The van der Waals surface area contributed by atoms with Crippen molar-refractivity contribution in [3.05, 3.63) is 0 Å². The molecule has 0 aromatic heterocycles. The number of hydrogen-bond donors (Lipinski definition) is 2. The molecule has 18 heavy (non-hydrogen) atoms. The molecular weight excluding hydrogens is 256 g/mol. The van der Waals surface area contributed by atoms with E-state index in [1.165, 1.54) is 25.7 Å². The molecule has 0 fully saturated rings. The van der Waals surface area contributed by atoms with Gasteiger partial charge in [-0.05, 0) is 6.42 Å². The maximum Gasteiger partial charge on any atom is 0.267 e. The molecule has 0 aromatic rings. The number of hydrogen-bond acceptors (Lipinski definition) is 4. The molecule has 110 valence electrons. The molecule has 0 aliphatic heterocycles. The van der Waals surface area contributed by atoms with Crippen molar-refractivity contribution in [2.75, 3.05) is 12.5 Å². The first kappa shape index (κ1) is 17.8. The Bertz CT molecular complexity index is 276. The van der Waals surface area contributed by atoms with E-state index in [1.54, 1.807) is 0 Å². The van der Waals surface area contributed by atoms with Crippen LogP contribution in [0.3, 0.4) is 0 Å². The van der Waals surface area contributed by atoms with Crippen molar-refractivity contribution >= 4 is 10.1 Å². The number of aliphatic hydroxyl groups excluding tert-OH is 1. The van der Waals surface area contributed by atoms with Crippen LogP contribution in [0.25, 0.3) is 0 Å². The summed E-state index contributed by atoms with van der Waals surface area (Å²) in [5.41, 5.74) is 0. The minimum Gasteiger partial charge on any atom is -0.371 e. The van der Waals surface area contributed by atoms with Crippen LogP contribution in [0, 0.1) is 0 Å². The average Bonchev–Trinajstić information content (AvgIpc) is 2.26. The molecule has 1 unspecified atom stereocenters. The Morgan fingerprint density at radius 2 is 1.61 bits per heavy atom. The van der Waals surface area contributed by atoms with Gasteiger partial charge in [-0.15, -0.1) is 0 Å². The molecule has 0 radical (unpaired) electrons. The first-order valence-corrected chi connectivity index (χ1v) is 8.28. The first-order chi connectivity index (χ1) is 8.49. The van der Waals surface area contributed by atoms with E-state index in [9.17, 15) is 8.42 Å². The van der Waals surface area contributed by atoms with Crippen molar-refractivity contribution in [2.45, 2.75) is 64.4 Å². The average molecular weight is 282 g/mol. The van der Waals surface area contributed by atoms with E-state index in [1.807, 2.05) is 0 Å². The second-order valence-corrected chi connectivity index (χ2v) is 6.07. The summed E-state index contributed by atoms with van der Waals surface area (Å²) in [6.07, 6.45) is 7.90. The zero-order valence-electron chi connectivity index (χ0n) is 11.2. The summed E-state index contributed by atoms with van der Waals surface area (Å²) < 4.78 is 35.0. The smallest absolute Gasteiger partial charge is 0.267 e. The molecule has 0 bridgehead atoms. The summed E-state index contributed by atoms with van der Waals surface area (Å²) in [5.74, 6) is -0.441. The summed E-state index contributed by atoms with van der Waals surface area (Å²) in [4.78, 5) is 0. The van der Waals surface area contributed by atoms with Gasteiger partial charge in [-0.2, -0.15) is 8.42 Å². The molecule has 0 aliphatic carbocycles. The van der Waals surface area contributed by atoms with Crippen LogP contribution in [0.4, 0.5) is 0 Å². The van der Waals surface area contributed by atoms with E-state index in [-0.39, 0.29) is 0 Å². The van der Waals surface area contributed by atoms with Gasteiger partial charge >= 0.3 is 0 Å². The van der Waals surface area contributed by atoms with Gasteiger partial charge < -0.3 is 9.84 Å². The molecule has 5 nitrogen and oxygen atoms in total. The highest BCUT2D eigenvalue weighted by Crippen LogP contribution is 2.12. The van der Waals surface area contributed by atoms with Gasteiger partial charge in [0.25, 0.3) is 10.1 Å². The molecule has 0 saturated heterocycles. The predicted octanol–water partition coefficient (Wildman–Crippen LogP) is 2.35. The Kier molecular flexibility index (Phi) is 10.6. The SMILES string of the molecule is CCCCCCCCCC(CS(=O)(=O)O)OCO. The largest absolute Gasteiger partial charge is 0.371 e. The third-order valence-corrected chi connectivity index (χ3v) is 3.63. The second kappa shape index (κ2) is 10.7. The molecule has 0 amide bonds. The van der Waals surface area contributed by atoms with Gasteiger partial charge in [-0.1, -0.05) is 51.9 Å². The maximum absolute atomic E-state index is 10.7. The lowest BCUT2D eigenvalue weighted by molar-refractivity contribution is -0.0446. The van der Waals surface area contributed by atoms with E-state index in [4.69, 9.17) is 14.4 Å².